The number of fused-ring (bicyclic) bond motifs is 1. The number of para-hydroxylation sites is 1. The molecule has 1 amide bonds. The quantitative estimate of drug-likeness (QED) is 0.782. The minimum absolute atomic E-state index is 0.0166. The molecule has 1 fully saturated rings. The predicted octanol–water partition coefficient (Wildman–Crippen LogP) is 3.51. The van der Waals surface area contributed by atoms with Crippen molar-refractivity contribution in [3.05, 3.63) is 71.7 Å². The SMILES string of the molecule is O=C(O)[C@@H]1CN(C(=O)c2cc3cccc(F)c3o2)C[C@H]1c1ccccc1. The van der Waals surface area contributed by atoms with Crippen LogP contribution in [0.5, 0.6) is 0 Å². The zero-order valence-corrected chi connectivity index (χ0v) is 13.8. The van der Waals surface area contributed by atoms with Crippen molar-refractivity contribution in [3.63, 3.8) is 0 Å². The maximum atomic E-state index is 13.8. The summed E-state index contributed by atoms with van der Waals surface area (Å²) in [5.74, 6) is -2.87. The maximum Gasteiger partial charge on any atom is 0.308 e. The van der Waals surface area contributed by atoms with Gasteiger partial charge < -0.3 is 14.4 Å². The topological polar surface area (TPSA) is 70.8 Å². The Balaban J connectivity index is 1.64. The third-order valence-corrected chi connectivity index (χ3v) is 4.86. The molecule has 2 atom stereocenters. The van der Waals surface area contributed by atoms with Crippen LogP contribution in [-0.2, 0) is 4.79 Å². The molecule has 26 heavy (non-hydrogen) atoms. The number of aliphatic carboxylic acids is 1. The standard InChI is InChI=1S/C20H16FNO4/c21-16-8-4-7-13-9-17(26-18(13)16)19(23)22-10-14(15(11-22)20(24)25)12-5-2-1-3-6-12/h1-9,14-15H,10-11H2,(H,24,25)/t14-,15+/m0/s1. The second-order valence-electron chi connectivity index (χ2n) is 6.44. The third-order valence-electron chi connectivity index (χ3n) is 4.86. The zero-order valence-electron chi connectivity index (χ0n) is 13.8. The molecule has 132 valence electrons. The summed E-state index contributed by atoms with van der Waals surface area (Å²) in [5, 5.41) is 10.1. The Labute approximate surface area is 148 Å². The van der Waals surface area contributed by atoms with Gasteiger partial charge in [0, 0.05) is 24.4 Å². The Hall–Kier alpha value is -3.15. The normalized spacial score (nSPS) is 19.8. The number of carbonyl (C=O) groups excluding carboxylic acids is 1. The first-order chi connectivity index (χ1) is 12.5. The fourth-order valence-electron chi connectivity index (χ4n) is 3.55. The summed E-state index contributed by atoms with van der Waals surface area (Å²) < 4.78 is 19.2. The molecule has 0 spiro atoms. The maximum absolute atomic E-state index is 13.8. The molecule has 0 aliphatic carbocycles. The molecule has 3 aromatic rings. The van der Waals surface area contributed by atoms with Crippen molar-refractivity contribution >= 4 is 22.8 Å². The number of nitrogens with zero attached hydrogens (tertiary/aromatic N) is 1. The fraction of sp³-hybridized carbons (Fsp3) is 0.200. The highest BCUT2D eigenvalue weighted by Gasteiger charge is 2.41. The number of rotatable bonds is 3. The van der Waals surface area contributed by atoms with Gasteiger partial charge in [-0.1, -0.05) is 42.5 Å². The van der Waals surface area contributed by atoms with Gasteiger partial charge in [0.2, 0.25) is 0 Å². The summed E-state index contributed by atoms with van der Waals surface area (Å²) in [7, 11) is 0. The van der Waals surface area contributed by atoms with Crippen molar-refractivity contribution < 1.29 is 23.5 Å². The molecule has 0 radical (unpaired) electrons. The monoisotopic (exact) mass is 353 g/mol. The first-order valence-corrected chi connectivity index (χ1v) is 8.29. The van der Waals surface area contributed by atoms with Crippen LogP contribution in [0.25, 0.3) is 11.0 Å². The molecule has 2 heterocycles. The van der Waals surface area contributed by atoms with Gasteiger partial charge in [-0.25, -0.2) is 4.39 Å². The van der Waals surface area contributed by atoms with Crippen LogP contribution in [0.3, 0.4) is 0 Å². The summed E-state index contributed by atoms with van der Waals surface area (Å²) in [6, 6.07) is 15.3. The molecule has 5 nitrogen and oxygen atoms in total. The summed E-state index contributed by atoms with van der Waals surface area (Å²) in [6.45, 7) is 0.368. The van der Waals surface area contributed by atoms with Crippen LogP contribution in [0.15, 0.2) is 59.0 Å². The lowest BCUT2D eigenvalue weighted by Crippen LogP contribution is -2.29. The van der Waals surface area contributed by atoms with Gasteiger partial charge in [0.25, 0.3) is 5.91 Å². The summed E-state index contributed by atoms with van der Waals surface area (Å²) >= 11 is 0. The van der Waals surface area contributed by atoms with E-state index in [2.05, 4.69) is 0 Å². The van der Waals surface area contributed by atoms with Crippen molar-refractivity contribution in [2.24, 2.45) is 5.92 Å². The van der Waals surface area contributed by atoms with Crippen LogP contribution in [0.2, 0.25) is 0 Å². The summed E-state index contributed by atoms with van der Waals surface area (Å²) in [6.07, 6.45) is 0. The average Bonchev–Trinajstić information content (AvgIpc) is 3.27. The Morgan fingerprint density at radius 2 is 1.85 bits per heavy atom. The van der Waals surface area contributed by atoms with Crippen LogP contribution in [0, 0.1) is 11.7 Å². The zero-order chi connectivity index (χ0) is 18.3. The number of hydrogen-bond acceptors (Lipinski definition) is 3. The summed E-state index contributed by atoms with van der Waals surface area (Å²) in [4.78, 5) is 25.9. The molecule has 1 aliphatic rings. The molecule has 0 saturated carbocycles. The lowest BCUT2D eigenvalue weighted by molar-refractivity contribution is -0.141. The molecular weight excluding hydrogens is 337 g/mol. The van der Waals surface area contributed by atoms with E-state index in [-0.39, 0.29) is 30.4 Å². The van der Waals surface area contributed by atoms with Crippen LogP contribution in [0.1, 0.15) is 22.0 Å². The van der Waals surface area contributed by atoms with Gasteiger partial charge in [-0.05, 0) is 17.7 Å². The minimum atomic E-state index is -0.940. The van der Waals surface area contributed by atoms with Crippen LogP contribution in [0.4, 0.5) is 4.39 Å². The number of furan rings is 1. The highest BCUT2D eigenvalue weighted by atomic mass is 19.1. The minimum Gasteiger partial charge on any atom is -0.481 e. The lowest BCUT2D eigenvalue weighted by Gasteiger charge is -2.15. The van der Waals surface area contributed by atoms with Crippen molar-refractivity contribution in [1.29, 1.82) is 0 Å². The van der Waals surface area contributed by atoms with Gasteiger partial charge >= 0.3 is 5.97 Å². The molecule has 1 saturated heterocycles. The molecule has 4 rings (SSSR count). The van der Waals surface area contributed by atoms with Gasteiger partial charge in [-0.3, -0.25) is 9.59 Å². The molecular formula is C20H16FNO4. The summed E-state index contributed by atoms with van der Waals surface area (Å²) in [5.41, 5.74) is 0.912. The number of carboxylic acids is 1. The van der Waals surface area contributed by atoms with Crippen LogP contribution in [-0.4, -0.2) is 35.0 Å². The van der Waals surface area contributed by atoms with Crippen molar-refractivity contribution in [2.75, 3.05) is 13.1 Å². The number of benzene rings is 2. The molecule has 1 aromatic heterocycles. The van der Waals surface area contributed by atoms with Gasteiger partial charge in [0.05, 0.1) is 5.92 Å². The van der Waals surface area contributed by atoms with Crippen LogP contribution >= 0.6 is 0 Å². The Bertz CT molecular complexity index is 982. The van der Waals surface area contributed by atoms with E-state index >= 15 is 0 Å². The van der Waals surface area contributed by atoms with Gasteiger partial charge in [-0.15, -0.1) is 0 Å². The van der Waals surface area contributed by atoms with Gasteiger partial charge in [0.15, 0.2) is 17.2 Å². The van der Waals surface area contributed by atoms with E-state index in [0.29, 0.717) is 5.39 Å². The number of carboxylic acid groups (broad SMARTS) is 1. The van der Waals surface area contributed by atoms with E-state index in [1.165, 1.54) is 17.0 Å². The molecule has 6 heteroatoms. The third kappa shape index (κ3) is 2.73. The second kappa shape index (κ2) is 6.29. The smallest absolute Gasteiger partial charge is 0.308 e. The number of carbonyl (C=O) groups is 2. The Kier molecular flexibility index (Phi) is 3.95. The van der Waals surface area contributed by atoms with Crippen molar-refractivity contribution in [3.8, 4) is 0 Å². The van der Waals surface area contributed by atoms with Crippen molar-refractivity contribution in [1.82, 2.24) is 4.90 Å². The van der Waals surface area contributed by atoms with Gasteiger partial charge in [0.1, 0.15) is 0 Å². The number of hydrogen-bond donors (Lipinski definition) is 1. The van der Waals surface area contributed by atoms with Crippen LogP contribution < -0.4 is 0 Å². The molecule has 2 aromatic carbocycles. The fourth-order valence-corrected chi connectivity index (χ4v) is 3.55. The van der Waals surface area contributed by atoms with Gasteiger partial charge in [-0.2, -0.15) is 0 Å². The van der Waals surface area contributed by atoms with E-state index in [1.807, 2.05) is 30.3 Å². The molecule has 0 bridgehead atoms. The first-order valence-electron chi connectivity index (χ1n) is 8.29. The highest BCUT2D eigenvalue weighted by molar-refractivity contribution is 5.96. The molecule has 1 aliphatic heterocycles. The highest BCUT2D eigenvalue weighted by Crippen LogP contribution is 2.34. The predicted molar refractivity (Wildman–Crippen MR) is 92.4 cm³/mol. The van der Waals surface area contributed by atoms with E-state index < -0.39 is 23.6 Å². The second-order valence-corrected chi connectivity index (χ2v) is 6.44. The van der Waals surface area contributed by atoms with E-state index in [9.17, 15) is 19.1 Å². The molecule has 0 unspecified atom stereocenters. The number of likely N-dealkylation sites (tertiary alicyclic amines) is 1. The Morgan fingerprint density at radius 3 is 2.54 bits per heavy atom. The van der Waals surface area contributed by atoms with Crippen molar-refractivity contribution in [2.45, 2.75) is 5.92 Å². The van der Waals surface area contributed by atoms with E-state index in [4.69, 9.17) is 4.42 Å². The Morgan fingerprint density at radius 1 is 1.08 bits per heavy atom. The average molecular weight is 353 g/mol. The molecule has 1 N–H and O–H groups in total. The number of halogens is 1. The lowest BCUT2D eigenvalue weighted by atomic mass is 9.89. The van der Waals surface area contributed by atoms with E-state index in [1.54, 1.807) is 12.1 Å². The largest absolute Gasteiger partial charge is 0.481 e. The first kappa shape index (κ1) is 16.3. The number of amides is 1. The van der Waals surface area contributed by atoms with E-state index in [0.717, 1.165) is 5.56 Å².